The van der Waals surface area contributed by atoms with Gasteiger partial charge >= 0.3 is 0 Å². The number of nitrogens with zero attached hydrogens (tertiary/aromatic N) is 3. The van der Waals surface area contributed by atoms with Gasteiger partial charge < -0.3 is 0 Å². The highest BCUT2D eigenvalue weighted by atomic mass is 35.5. The lowest BCUT2D eigenvalue weighted by atomic mass is 10.3. The Balaban J connectivity index is 2.15. The minimum Gasteiger partial charge on any atom is -0.261 e. The molecule has 0 bridgehead atoms. The van der Waals surface area contributed by atoms with E-state index in [4.69, 9.17) is 11.6 Å². The Bertz CT molecular complexity index is 453. The fourth-order valence-electron chi connectivity index (χ4n) is 1.28. The topological polar surface area (TPSA) is 38.7 Å². The van der Waals surface area contributed by atoms with Gasteiger partial charge in [0, 0.05) is 29.8 Å². The quantitative estimate of drug-likeness (QED) is 0.786. The summed E-state index contributed by atoms with van der Waals surface area (Å²) in [5, 5.41) is 10.3. The number of pyridine rings is 1. The Kier molecular flexibility index (Phi) is 3.85. The van der Waals surface area contributed by atoms with Gasteiger partial charge in [-0.2, -0.15) is 0 Å². The molecule has 0 aliphatic carbocycles. The second-order valence-corrected chi connectivity index (χ2v) is 4.92. The van der Waals surface area contributed by atoms with Gasteiger partial charge in [-0.05, 0) is 25.5 Å². The monoisotopic (exact) mass is 253 g/mol. The van der Waals surface area contributed by atoms with Crippen molar-refractivity contribution in [2.24, 2.45) is 0 Å². The Morgan fingerprint density at radius 2 is 2.19 bits per heavy atom. The zero-order valence-electron chi connectivity index (χ0n) is 8.98. The van der Waals surface area contributed by atoms with Gasteiger partial charge in [0.25, 0.3) is 0 Å². The van der Waals surface area contributed by atoms with E-state index in [2.05, 4.69) is 15.2 Å². The molecule has 2 aromatic rings. The summed E-state index contributed by atoms with van der Waals surface area (Å²) in [6.07, 6.45) is 3.68. The van der Waals surface area contributed by atoms with Crippen LogP contribution >= 0.6 is 22.9 Å². The molecule has 0 N–H and O–H groups in total. The lowest BCUT2D eigenvalue weighted by Crippen LogP contribution is -1.84. The smallest absolute Gasteiger partial charge is 0.149 e. The van der Waals surface area contributed by atoms with Crippen LogP contribution in [0, 0.1) is 6.92 Å². The summed E-state index contributed by atoms with van der Waals surface area (Å²) in [5.41, 5.74) is 2.04. The number of aromatic nitrogens is 3. The van der Waals surface area contributed by atoms with E-state index < -0.39 is 0 Å². The Hall–Kier alpha value is -1.00. The first-order valence-corrected chi connectivity index (χ1v) is 6.46. The highest BCUT2D eigenvalue weighted by molar-refractivity contribution is 7.14. The predicted octanol–water partition coefficient (Wildman–Crippen LogP) is 3.08. The van der Waals surface area contributed by atoms with E-state index in [1.54, 1.807) is 11.3 Å². The van der Waals surface area contributed by atoms with E-state index >= 15 is 0 Å². The van der Waals surface area contributed by atoms with Gasteiger partial charge in [0.2, 0.25) is 0 Å². The number of rotatable bonds is 4. The number of halogens is 1. The van der Waals surface area contributed by atoms with Crippen molar-refractivity contribution in [2.75, 3.05) is 5.88 Å². The molecule has 0 saturated carbocycles. The van der Waals surface area contributed by atoms with E-state index in [9.17, 15) is 0 Å². The molecule has 2 heterocycles. The van der Waals surface area contributed by atoms with Crippen molar-refractivity contribution in [3.05, 3.63) is 29.0 Å². The largest absolute Gasteiger partial charge is 0.261 e. The van der Waals surface area contributed by atoms with Crippen LogP contribution < -0.4 is 0 Å². The first-order valence-electron chi connectivity index (χ1n) is 5.11. The van der Waals surface area contributed by atoms with E-state index in [1.807, 2.05) is 25.3 Å². The third-order valence-corrected chi connectivity index (χ3v) is 3.45. The Morgan fingerprint density at radius 1 is 1.31 bits per heavy atom. The lowest BCUT2D eigenvalue weighted by molar-refractivity contribution is 0.884. The highest BCUT2D eigenvalue weighted by Gasteiger charge is 2.06. The normalized spacial score (nSPS) is 10.6. The number of alkyl halides is 1. The zero-order valence-corrected chi connectivity index (χ0v) is 10.6. The molecule has 0 aliphatic rings. The molecule has 16 heavy (non-hydrogen) atoms. The van der Waals surface area contributed by atoms with Gasteiger partial charge in [0.1, 0.15) is 10.0 Å². The van der Waals surface area contributed by atoms with E-state index in [1.165, 1.54) is 0 Å². The molecule has 5 heteroatoms. The van der Waals surface area contributed by atoms with E-state index in [0.29, 0.717) is 5.88 Å². The average molecular weight is 254 g/mol. The summed E-state index contributed by atoms with van der Waals surface area (Å²) in [7, 11) is 0. The standard InChI is InChI=1S/C11H12ClN3S/c1-8-4-5-9(7-13-8)11-15-14-10(16-11)3-2-6-12/h4-5,7H,2-3,6H2,1H3. The molecule has 2 rings (SSSR count). The number of aryl methyl sites for hydroxylation is 2. The van der Waals surface area contributed by atoms with Crippen LogP contribution in [0.25, 0.3) is 10.6 Å². The van der Waals surface area contributed by atoms with E-state index in [-0.39, 0.29) is 0 Å². The molecule has 84 valence electrons. The molecule has 0 spiro atoms. The third kappa shape index (κ3) is 2.77. The van der Waals surface area contributed by atoms with Crippen molar-refractivity contribution in [3.63, 3.8) is 0 Å². The van der Waals surface area contributed by atoms with Crippen LogP contribution in [-0.4, -0.2) is 21.1 Å². The fraction of sp³-hybridized carbons (Fsp3) is 0.364. The van der Waals surface area contributed by atoms with Crippen molar-refractivity contribution in [2.45, 2.75) is 19.8 Å². The number of hydrogen-bond donors (Lipinski definition) is 0. The molecule has 0 saturated heterocycles. The minimum atomic E-state index is 0.668. The maximum absolute atomic E-state index is 5.64. The van der Waals surface area contributed by atoms with Crippen LogP contribution in [0.5, 0.6) is 0 Å². The van der Waals surface area contributed by atoms with Crippen LogP contribution in [0.1, 0.15) is 17.1 Å². The predicted molar refractivity (Wildman–Crippen MR) is 66.9 cm³/mol. The molecule has 0 radical (unpaired) electrons. The summed E-state index contributed by atoms with van der Waals surface area (Å²) in [4.78, 5) is 4.24. The fourth-order valence-corrected chi connectivity index (χ4v) is 2.29. The first-order chi connectivity index (χ1) is 7.79. The van der Waals surface area contributed by atoms with Gasteiger partial charge in [-0.25, -0.2) is 0 Å². The molecule has 0 aliphatic heterocycles. The second kappa shape index (κ2) is 5.37. The van der Waals surface area contributed by atoms with Gasteiger partial charge in [0.05, 0.1) is 0 Å². The van der Waals surface area contributed by atoms with Gasteiger partial charge in [-0.1, -0.05) is 11.3 Å². The molecule has 0 unspecified atom stereocenters. The molecule has 2 aromatic heterocycles. The lowest BCUT2D eigenvalue weighted by Gasteiger charge is -1.94. The molecular weight excluding hydrogens is 242 g/mol. The van der Waals surface area contributed by atoms with Gasteiger partial charge in [-0.15, -0.1) is 21.8 Å². The maximum atomic E-state index is 5.64. The molecule has 3 nitrogen and oxygen atoms in total. The van der Waals surface area contributed by atoms with Crippen molar-refractivity contribution < 1.29 is 0 Å². The van der Waals surface area contributed by atoms with E-state index in [0.717, 1.165) is 34.1 Å². The Labute approximate surface area is 104 Å². The third-order valence-electron chi connectivity index (χ3n) is 2.15. The van der Waals surface area contributed by atoms with Crippen molar-refractivity contribution in [3.8, 4) is 10.6 Å². The molecule has 0 aromatic carbocycles. The number of hydrogen-bond acceptors (Lipinski definition) is 4. The van der Waals surface area contributed by atoms with Crippen LogP contribution in [0.2, 0.25) is 0 Å². The zero-order chi connectivity index (χ0) is 11.4. The second-order valence-electron chi connectivity index (χ2n) is 3.48. The molecule has 0 fully saturated rings. The summed E-state index contributed by atoms with van der Waals surface area (Å²) in [6, 6.07) is 4.00. The Morgan fingerprint density at radius 3 is 2.88 bits per heavy atom. The van der Waals surface area contributed by atoms with Gasteiger partial charge in [0.15, 0.2) is 0 Å². The van der Waals surface area contributed by atoms with Crippen LogP contribution in [0.3, 0.4) is 0 Å². The minimum absolute atomic E-state index is 0.668. The summed E-state index contributed by atoms with van der Waals surface area (Å²) >= 11 is 7.25. The summed E-state index contributed by atoms with van der Waals surface area (Å²) in [5.74, 6) is 0.668. The van der Waals surface area contributed by atoms with Gasteiger partial charge in [-0.3, -0.25) is 4.98 Å². The van der Waals surface area contributed by atoms with Crippen LogP contribution in [0.15, 0.2) is 18.3 Å². The molecule has 0 atom stereocenters. The molecule has 0 amide bonds. The summed E-state index contributed by atoms with van der Waals surface area (Å²) < 4.78 is 0. The molecular formula is C11H12ClN3S. The van der Waals surface area contributed by atoms with Crippen LogP contribution in [-0.2, 0) is 6.42 Å². The van der Waals surface area contributed by atoms with Crippen molar-refractivity contribution in [1.82, 2.24) is 15.2 Å². The average Bonchev–Trinajstić information content (AvgIpc) is 2.76. The van der Waals surface area contributed by atoms with Crippen molar-refractivity contribution in [1.29, 1.82) is 0 Å². The van der Waals surface area contributed by atoms with Crippen LogP contribution in [0.4, 0.5) is 0 Å². The highest BCUT2D eigenvalue weighted by Crippen LogP contribution is 2.23. The maximum Gasteiger partial charge on any atom is 0.149 e. The first kappa shape index (κ1) is 11.5. The SMILES string of the molecule is Cc1ccc(-c2nnc(CCCCl)s2)cn1. The van der Waals surface area contributed by atoms with Crippen molar-refractivity contribution >= 4 is 22.9 Å². The summed E-state index contributed by atoms with van der Waals surface area (Å²) in [6.45, 7) is 1.97.